The summed E-state index contributed by atoms with van der Waals surface area (Å²) in [4.78, 5) is 11.6. The number of nitrogens with two attached hydrogens (primary N) is 1. The number of benzene rings is 2. The van der Waals surface area contributed by atoms with E-state index in [9.17, 15) is 34.8 Å². The van der Waals surface area contributed by atoms with Gasteiger partial charge in [-0.15, -0.1) is 0 Å². The number of ketones is 1. The van der Waals surface area contributed by atoms with Crippen LogP contribution in [0.4, 0.5) is 13.2 Å². The van der Waals surface area contributed by atoms with Crippen LogP contribution in [-0.2, 0) is 24.6 Å². The first-order valence-corrected chi connectivity index (χ1v) is 13.9. The molecule has 37 heavy (non-hydrogen) atoms. The van der Waals surface area contributed by atoms with Gasteiger partial charge < -0.3 is 9.47 Å². The molecule has 0 aliphatic rings. The smallest absolute Gasteiger partial charge is 0.411 e. The maximum atomic E-state index is 12.9. The number of rotatable bonds is 10. The molecule has 202 valence electrons. The molecule has 8 nitrogen and oxygen atoms in total. The molecule has 0 fully saturated rings. The number of sulfone groups is 1. The normalized spacial score (nSPS) is 12.5. The van der Waals surface area contributed by atoms with E-state index in [0.717, 1.165) is 12.1 Å². The van der Waals surface area contributed by atoms with Crippen LogP contribution in [0.2, 0.25) is 0 Å². The number of hydrogen-bond acceptors (Lipinski definition) is 7. The zero-order valence-corrected chi connectivity index (χ0v) is 21.9. The Bertz CT molecular complexity index is 1420. The quantitative estimate of drug-likeness (QED) is 0.268. The first-order valence-electron chi connectivity index (χ1n) is 10.7. The third kappa shape index (κ3) is 9.81. The van der Waals surface area contributed by atoms with Crippen molar-refractivity contribution in [3.8, 4) is 17.6 Å². The van der Waals surface area contributed by atoms with Gasteiger partial charge >= 0.3 is 6.18 Å². The van der Waals surface area contributed by atoms with Gasteiger partial charge in [-0.25, -0.2) is 22.0 Å². The molecule has 13 heteroatoms. The highest BCUT2D eigenvalue weighted by molar-refractivity contribution is 7.94. The monoisotopic (exact) mass is 561 g/mol. The zero-order valence-electron chi connectivity index (χ0n) is 20.3. The number of sulfonamides is 1. The fraction of sp³-hybridized carbons (Fsp3) is 0.375. The van der Waals surface area contributed by atoms with Gasteiger partial charge in [0.2, 0.25) is 10.0 Å². The summed E-state index contributed by atoms with van der Waals surface area (Å²) in [6, 6.07) is 8.60. The van der Waals surface area contributed by atoms with Crippen LogP contribution in [0.5, 0.6) is 5.75 Å². The second kappa shape index (κ2) is 11.6. The molecular formula is C24H26F3NO7S2. The van der Waals surface area contributed by atoms with E-state index in [0.29, 0.717) is 5.56 Å². The van der Waals surface area contributed by atoms with Gasteiger partial charge in [0.1, 0.15) is 29.6 Å². The molecule has 0 aromatic heterocycles. The van der Waals surface area contributed by atoms with E-state index < -0.39 is 66.0 Å². The molecule has 0 aliphatic carbocycles. The Morgan fingerprint density at radius 3 is 2.16 bits per heavy atom. The van der Waals surface area contributed by atoms with Gasteiger partial charge in [0.05, 0.1) is 17.1 Å². The topological polar surface area (TPSA) is 130 Å². The van der Waals surface area contributed by atoms with Crippen LogP contribution < -0.4 is 9.88 Å². The van der Waals surface area contributed by atoms with Gasteiger partial charge in [-0.2, -0.15) is 13.2 Å². The second-order valence-electron chi connectivity index (χ2n) is 8.90. The second-order valence-corrected chi connectivity index (χ2v) is 12.4. The lowest BCUT2D eigenvalue weighted by Gasteiger charge is -2.13. The van der Waals surface area contributed by atoms with Crippen LogP contribution in [0.3, 0.4) is 0 Å². The fourth-order valence-electron chi connectivity index (χ4n) is 2.85. The number of ether oxygens (including phenoxy) is 2. The highest BCUT2D eigenvalue weighted by Gasteiger charge is 2.28. The molecule has 0 saturated carbocycles. The Hall–Kier alpha value is -2.92. The average molecular weight is 562 g/mol. The Labute approximate surface area is 213 Å². The molecule has 2 rings (SSSR count). The summed E-state index contributed by atoms with van der Waals surface area (Å²) in [6.07, 6.45) is -4.50. The molecule has 2 aromatic carbocycles. The van der Waals surface area contributed by atoms with Crippen LogP contribution in [0.1, 0.15) is 36.7 Å². The van der Waals surface area contributed by atoms with Crippen LogP contribution in [0.25, 0.3) is 0 Å². The maximum absolute atomic E-state index is 12.9. The predicted molar refractivity (Wildman–Crippen MR) is 129 cm³/mol. The molecule has 0 unspecified atom stereocenters. The van der Waals surface area contributed by atoms with Crippen molar-refractivity contribution in [3.63, 3.8) is 0 Å². The maximum Gasteiger partial charge on any atom is 0.411 e. The Balaban J connectivity index is 2.33. The average Bonchev–Trinajstić information content (AvgIpc) is 2.75. The number of primary sulfonamides is 1. The lowest BCUT2D eigenvalue weighted by Crippen LogP contribution is -2.21. The van der Waals surface area contributed by atoms with Crippen molar-refractivity contribution in [2.45, 2.75) is 36.7 Å². The number of halogens is 3. The van der Waals surface area contributed by atoms with Crippen molar-refractivity contribution in [1.29, 1.82) is 0 Å². The summed E-state index contributed by atoms with van der Waals surface area (Å²) in [5.74, 6) is 3.94. The third-order valence-corrected chi connectivity index (χ3v) is 7.21. The Morgan fingerprint density at radius 1 is 0.973 bits per heavy atom. The van der Waals surface area contributed by atoms with Gasteiger partial charge in [0.15, 0.2) is 15.6 Å². The number of carbonyl (C=O) groups excluding carboxylic acids is 1. The van der Waals surface area contributed by atoms with Crippen molar-refractivity contribution in [3.05, 3.63) is 53.6 Å². The molecule has 0 amide bonds. The molecule has 0 heterocycles. The number of alkyl halides is 3. The lowest BCUT2D eigenvalue weighted by molar-refractivity contribution is -0.175. The molecule has 0 saturated heterocycles. The molecule has 2 N–H and O–H groups in total. The van der Waals surface area contributed by atoms with Crippen LogP contribution in [-0.4, -0.2) is 54.4 Å². The molecule has 0 bridgehead atoms. The minimum Gasteiger partial charge on any atom is -0.490 e. The SMILES string of the molecule is CC(C)(C)C#Cc1ccc(C(=O)CS(=O)(=O)c2ccccc2S(N)(=O)=O)cc1OCCOCC(F)(F)F. The lowest BCUT2D eigenvalue weighted by atomic mass is 9.97. The fourth-order valence-corrected chi connectivity index (χ4v) is 5.52. The van der Waals surface area contributed by atoms with E-state index >= 15 is 0 Å². The van der Waals surface area contributed by atoms with Crippen LogP contribution in [0.15, 0.2) is 52.3 Å². The summed E-state index contributed by atoms with van der Waals surface area (Å²) in [5, 5.41) is 5.10. The van der Waals surface area contributed by atoms with Crippen LogP contribution >= 0.6 is 0 Å². The molecule has 0 atom stereocenters. The zero-order chi connectivity index (χ0) is 28.1. The Morgan fingerprint density at radius 2 is 1.59 bits per heavy atom. The number of carbonyl (C=O) groups is 1. The minimum atomic E-state index is -4.50. The van der Waals surface area contributed by atoms with Crippen LogP contribution in [0, 0.1) is 17.3 Å². The van der Waals surface area contributed by atoms with Crippen molar-refractivity contribution < 1.29 is 44.3 Å². The summed E-state index contributed by atoms with van der Waals surface area (Å²) in [7, 11) is -8.80. The van der Waals surface area contributed by atoms with Gasteiger partial charge in [-0.1, -0.05) is 24.0 Å². The molecule has 2 aromatic rings. The summed E-state index contributed by atoms with van der Waals surface area (Å²) in [6.45, 7) is 3.42. The van der Waals surface area contributed by atoms with Gasteiger partial charge in [-0.05, 0) is 51.1 Å². The van der Waals surface area contributed by atoms with E-state index in [1.807, 2.05) is 20.8 Å². The standard InChI is InChI=1S/C24H26F3NO7S2/c1-23(2,3)11-10-17-8-9-18(14-20(17)35-13-12-34-16-24(25,26)27)19(29)15-36(30,31)21-6-4-5-7-22(21)37(28,32)33/h4-9,14H,12-13,15-16H2,1-3H3,(H2,28,32,33). The predicted octanol–water partition coefficient (Wildman–Crippen LogP) is 3.35. The van der Waals surface area contributed by atoms with Gasteiger partial charge in [0.25, 0.3) is 0 Å². The van der Waals surface area contributed by atoms with Crippen molar-refractivity contribution in [2.24, 2.45) is 10.6 Å². The van der Waals surface area contributed by atoms with Gasteiger partial charge in [0, 0.05) is 11.0 Å². The third-order valence-electron chi connectivity index (χ3n) is 4.44. The van der Waals surface area contributed by atoms with E-state index in [4.69, 9.17) is 9.88 Å². The highest BCUT2D eigenvalue weighted by Crippen LogP contribution is 2.25. The first kappa shape index (κ1) is 30.3. The van der Waals surface area contributed by atoms with Gasteiger partial charge in [-0.3, -0.25) is 4.79 Å². The number of hydrogen-bond donors (Lipinski definition) is 1. The summed E-state index contributed by atoms with van der Waals surface area (Å²) in [5.41, 5.74) is -0.166. The summed E-state index contributed by atoms with van der Waals surface area (Å²) >= 11 is 0. The first-order chi connectivity index (χ1) is 16.9. The highest BCUT2D eigenvalue weighted by atomic mass is 32.2. The van der Waals surface area contributed by atoms with Crippen molar-refractivity contribution in [2.75, 3.05) is 25.6 Å². The molecular weight excluding hydrogens is 535 g/mol. The van der Waals surface area contributed by atoms with E-state index in [1.165, 1.54) is 30.3 Å². The molecule has 0 radical (unpaired) electrons. The number of Topliss-reactive ketones (excluding diaryl/α,β-unsaturated/α-hetero) is 1. The summed E-state index contributed by atoms with van der Waals surface area (Å²) < 4.78 is 96.1. The van der Waals surface area contributed by atoms with E-state index in [-0.39, 0.29) is 17.9 Å². The van der Waals surface area contributed by atoms with Crippen molar-refractivity contribution >= 4 is 25.6 Å². The molecule has 0 aliphatic heterocycles. The van der Waals surface area contributed by atoms with E-state index in [1.54, 1.807) is 0 Å². The minimum absolute atomic E-state index is 0.0422. The Kier molecular flexibility index (Phi) is 9.53. The van der Waals surface area contributed by atoms with E-state index in [2.05, 4.69) is 16.6 Å². The largest absolute Gasteiger partial charge is 0.490 e. The van der Waals surface area contributed by atoms with Crippen molar-refractivity contribution in [1.82, 2.24) is 0 Å². The molecule has 0 spiro atoms.